The van der Waals surface area contributed by atoms with Crippen LogP contribution in [0.3, 0.4) is 0 Å². The highest BCUT2D eigenvalue weighted by atomic mass is 19.1. The van der Waals surface area contributed by atoms with Gasteiger partial charge in [0.2, 0.25) is 5.88 Å². The Bertz CT molecular complexity index is 1640. The van der Waals surface area contributed by atoms with Gasteiger partial charge >= 0.3 is 5.97 Å². The summed E-state index contributed by atoms with van der Waals surface area (Å²) in [5.41, 5.74) is 3.28. The maximum atomic E-state index is 14.2. The van der Waals surface area contributed by atoms with E-state index in [0.717, 1.165) is 56.0 Å². The number of rotatable bonds is 9. The zero-order valence-electron chi connectivity index (χ0n) is 23.3. The highest BCUT2D eigenvalue weighted by Crippen LogP contribution is 2.29. The fourth-order valence-corrected chi connectivity index (χ4v) is 5.42. The van der Waals surface area contributed by atoms with Crippen LogP contribution in [0.4, 0.5) is 4.39 Å². The van der Waals surface area contributed by atoms with E-state index in [0.29, 0.717) is 30.2 Å². The first kappa shape index (κ1) is 27.8. The molecule has 0 unspecified atom stereocenters. The van der Waals surface area contributed by atoms with Crippen LogP contribution >= 0.6 is 0 Å². The van der Waals surface area contributed by atoms with E-state index >= 15 is 0 Å². The predicted molar refractivity (Wildman–Crippen MR) is 150 cm³/mol. The molecular weight excluding hydrogens is 539 g/mol. The summed E-state index contributed by atoms with van der Waals surface area (Å²) in [6.45, 7) is 3.84. The van der Waals surface area contributed by atoms with Crippen molar-refractivity contribution in [2.75, 3.05) is 26.8 Å². The zero-order valence-corrected chi connectivity index (χ0v) is 23.3. The largest absolute Gasteiger partial charge is 0.473 e. The van der Waals surface area contributed by atoms with Crippen molar-refractivity contribution >= 4 is 17.1 Å². The highest BCUT2D eigenvalue weighted by Gasteiger charge is 2.26. The summed E-state index contributed by atoms with van der Waals surface area (Å²) < 4.78 is 32.7. The molecule has 0 spiro atoms. The summed E-state index contributed by atoms with van der Waals surface area (Å²) in [7, 11) is 1.35. The number of nitriles is 1. The average Bonchev–Trinajstić information content (AvgIpc) is 3.34. The third kappa shape index (κ3) is 5.95. The number of benzene rings is 1. The lowest BCUT2D eigenvalue weighted by molar-refractivity contribution is -0.0593. The molecule has 5 heterocycles. The van der Waals surface area contributed by atoms with E-state index in [1.807, 2.05) is 24.3 Å². The van der Waals surface area contributed by atoms with Gasteiger partial charge in [0.25, 0.3) is 0 Å². The molecule has 1 aromatic carbocycles. The van der Waals surface area contributed by atoms with Gasteiger partial charge in [0.15, 0.2) is 11.3 Å². The molecule has 11 heteroatoms. The number of carbonyl (C=O) groups is 1. The topological polar surface area (TPSA) is 115 Å². The van der Waals surface area contributed by atoms with Gasteiger partial charge in [0, 0.05) is 29.8 Å². The molecule has 0 radical (unpaired) electrons. The second kappa shape index (κ2) is 12.2. The molecular formula is C31H31FN6O4. The van der Waals surface area contributed by atoms with Crippen molar-refractivity contribution in [3.8, 4) is 11.9 Å². The molecule has 2 aliphatic heterocycles. The second-order valence-electron chi connectivity index (χ2n) is 10.6. The highest BCUT2D eigenvalue weighted by molar-refractivity contribution is 5.89. The number of piperidine rings is 1. The zero-order chi connectivity index (χ0) is 29.1. The van der Waals surface area contributed by atoms with Crippen molar-refractivity contribution < 1.29 is 23.4 Å². The number of pyridine rings is 2. The fraction of sp³-hybridized carbons (Fsp3) is 0.387. The second-order valence-corrected chi connectivity index (χ2v) is 10.6. The molecule has 0 saturated carbocycles. The van der Waals surface area contributed by atoms with Gasteiger partial charge in [0.1, 0.15) is 23.8 Å². The van der Waals surface area contributed by atoms with E-state index in [9.17, 15) is 9.18 Å². The van der Waals surface area contributed by atoms with Crippen molar-refractivity contribution in [1.29, 1.82) is 5.26 Å². The van der Waals surface area contributed by atoms with Gasteiger partial charge in [-0.1, -0.05) is 12.1 Å². The Kier molecular flexibility index (Phi) is 8.08. The van der Waals surface area contributed by atoms with Crippen LogP contribution in [-0.2, 0) is 29.2 Å². The van der Waals surface area contributed by atoms with Crippen molar-refractivity contribution in [3.05, 3.63) is 82.7 Å². The average molecular weight is 571 g/mol. The lowest BCUT2D eigenvalue weighted by atomic mass is 9.93. The van der Waals surface area contributed by atoms with Crippen molar-refractivity contribution in [3.63, 3.8) is 0 Å². The molecule has 6 rings (SSSR count). The number of esters is 1. The van der Waals surface area contributed by atoms with Crippen LogP contribution in [0.15, 0.2) is 48.5 Å². The third-order valence-electron chi connectivity index (χ3n) is 7.92. The Morgan fingerprint density at radius 1 is 1.12 bits per heavy atom. The maximum absolute atomic E-state index is 14.2. The van der Waals surface area contributed by atoms with Crippen LogP contribution in [0.5, 0.6) is 5.88 Å². The normalized spacial score (nSPS) is 17.5. The summed E-state index contributed by atoms with van der Waals surface area (Å²) in [6.07, 6.45) is 2.96. The van der Waals surface area contributed by atoms with Crippen LogP contribution in [0.25, 0.3) is 11.2 Å². The Balaban J connectivity index is 1.10. The summed E-state index contributed by atoms with van der Waals surface area (Å²) in [6, 6.07) is 15.4. The number of likely N-dealkylation sites (tertiary alicyclic amines) is 1. The van der Waals surface area contributed by atoms with Gasteiger partial charge < -0.3 is 18.8 Å². The monoisotopic (exact) mass is 570 g/mol. The van der Waals surface area contributed by atoms with E-state index in [2.05, 4.69) is 14.5 Å². The molecule has 1 atom stereocenters. The molecule has 2 aliphatic rings. The van der Waals surface area contributed by atoms with E-state index in [-0.39, 0.29) is 29.9 Å². The van der Waals surface area contributed by atoms with Gasteiger partial charge in [-0.15, -0.1) is 0 Å². The first-order valence-electron chi connectivity index (χ1n) is 14.1. The number of ether oxygens (including phenoxy) is 3. The van der Waals surface area contributed by atoms with Crippen LogP contribution in [0.2, 0.25) is 0 Å². The van der Waals surface area contributed by atoms with E-state index in [4.69, 9.17) is 29.4 Å². The Morgan fingerprint density at radius 3 is 2.67 bits per heavy atom. The van der Waals surface area contributed by atoms with Crippen LogP contribution in [0, 0.1) is 17.1 Å². The van der Waals surface area contributed by atoms with Crippen molar-refractivity contribution in [2.45, 2.75) is 51.0 Å². The molecule has 4 aromatic rings. The number of halogens is 1. The number of nitrogens with zero attached hydrogens (tertiary/aromatic N) is 6. The standard InChI is InChI=1S/C31H31FN6O4/c1-40-31(39)27-8-7-26-30(36-27)38(17-23-11-14-41-23)28(34-26)18-37-12-9-21(10-13-37)25-3-2-4-29(35-25)42-19-22-6-5-20(16-33)15-24(22)32/h2-8,15,21,23H,9-14,17-19H2,1H3/t23-/m0/s1. The number of hydrogen-bond acceptors (Lipinski definition) is 9. The minimum Gasteiger partial charge on any atom is -0.473 e. The molecule has 10 nitrogen and oxygen atoms in total. The molecule has 0 amide bonds. The van der Waals surface area contributed by atoms with Crippen molar-refractivity contribution in [1.82, 2.24) is 24.4 Å². The molecule has 2 saturated heterocycles. The van der Waals surface area contributed by atoms with Crippen LogP contribution in [-0.4, -0.2) is 63.3 Å². The van der Waals surface area contributed by atoms with E-state index in [1.54, 1.807) is 24.3 Å². The lowest BCUT2D eigenvalue weighted by Gasteiger charge is -2.32. The van der Waals surface area contributed by atoms with E-state index < -0.39 is 11.8 Å². The number of imidazole rings is 1. The number of methoxy groups -OCH3 is 1. The van der Waals surface area contributed by atoms with Gasteiger partial charge in [-0.3, -0.25) is 4.90 Å². The molecule has 0 bridgehead atoms. The van der Waals surface area contributed by atoms with Gasteiger partial charge in [0.05, 0.1) is 37.9 Å². The molecule has 0 aliphatic carbocycles. The Morgan fingerprint density at radius 2 is 1.95 bits per heavy atom. The number of fused-ring (bicyclic) bond motifs is 1. The summed E-state index contributed by atoms with van der Waals surface area (Å²) in [5.74, 6) is 0.688. The van der Waals surface area contributed by atoms with E-state index in [1.165, 1.54) is 13.2 Å². The number of hydrogen-bond donors (Lipinski definition) is 0. The summed E-state index contributed by atoms with van der Waals surface area (Å²) >= 11 is 0. The molecule has 42 heavy (non-hydrogen) atoms. The van der Waals surface area contributed by atoms with Crippen LogP contribution < -0.4 is 4.74 Å². The molecule has 216 valence electrons. The smallest absolute Gasteiger partial charge is 0.356 e. The SMILES string of the molecule is COC(=O)c1ccc2nc(CN3CCC(c4cccc(OCc5ccc(C#N)cc5F)n4)CC3)n(C[C@@H]3CCO3)c2n1. The van der Waals surface area contributed by atoms with Crippen molar-refractivity contribution in [2.24, 2.45) is 0 Å². The minimum atomic E-state index is -0.474. The first-order valence-corrected chi connectivity index (χ1v) is 14.1. The number of carbonyl (C=O) groups excluding carboxylic acids is 1. The van der Waals surface area contributed by atoms with Gasteiger partial charge in [-0.2, -0.15) is 5.26 Å². The lowest BCUT2D eigenvalue weighted by Crippen LogP contribution is -2.35. The number of aromatic nitrogens is 4. The molecule has 2 fully saturated rings. The summed E-state index contributed by atoms with van der Waals surface area (Å²) in [5, 5.41) is 8.94. The maximum Gasteiger partial charge on any atom is 0.356 e. The minimum absolute atomic E-state index is 0.0370. The fourth-order valence-electron chi connectivity index (χ4n) is 5.42. The molecule has 0 N–H and O–H groups in total. The quantitative estimate of drug-likeness (QED) is 0.271. The Labute approximate surface area is 242 Å². The summed E-state index contributed by atoms with van der Waals surface area (Å²) in [4.78, 5) is 28.6. The molecule has 3 aromatic heterocycles. The predicted octanol–water partition coefficient (Wildman–Crippen LogP) is 4.37. The van der Waals surface area contributed by atoms with Crippen LogP contribution in [0.1, 0.15) is 58.3 Å². The van der Waals surface area contributed by atoms with Gasteiger partial charge in [-0.05, 0) is 62.7 Å². The Hall–Kier alpha value is -4.40. The van der Waals surface area contributed by atoms with Gasteiger partial charge in [-0.25, -0.2) is 24.1 Å². The third-order valence-corrected chi connectivity index (χ3v) is 7.92. The first-order chi connectivity index (χ1) is 20.5.